The molecule has 0 radical (unpaired) electrons. The summed E-state index contributed by atoms with van der Waals surface area (Å²) in [6.07, 6.45) is 0.173. The third-order valence-electron chi connectivity index (χ3n) is 2.88. The lowest BCUT2D eigenvalue weighted by molar-refractivity contribution is -0.139. The molecular weight excluding hydrogens is 216 g/mol. The molecule has 1 fully saturated rings. The molecule has 1 aromatic carbocycles. The van der Waals surface area contributed by atoms with Gasteiger partial charge in [0.1, 0.15) is 0 Å². The molecule has 3 nitrogen and oxygen atoms in total. The van der Waals surface area contributed by atoms with E-state index in [2.05, 4.69) is 12.3 Å². The second-order valence-electron chi connectivity index (χ2n) is 4.03. The zero-order chi connectivity index (χ0) is 12.3. The first kappa shape index (κ1) is 11.6. The van der Waals surface area contributed by atoms with E-state index in [1.807, 2.05) is 30.3 Å². The second-order valence-corrected chi connectivity index (χ2v) is 4.03. The minimum Gasteiger partial charge on any atom is -0.481 e. The number of carbonyl (C=O) groups is 1. The van der Waals surface area contributed by atoms with Crippen LogP contribution in [0.25, 0.3) is 0 Å². The number of hydrogen-bond acceptors (Lipinski definition) is 2. The van der Waals surface area contributed by atoms with E-state index in [0.717, 1.165) is 11.1 Å². The van der Waals surface area contributed by atoms with Crippen LogP contribution in [-0.4, -0.2) is 17.2 Å². The van der Waals surface area contributed by atoms with Gasteiger partial charge in [0.2, 0.25) is 0 Å². The zero-order valence-corrected chi connectivity index (χ0v) is 9.43. The van der Waals surface area contributed by atoms with Gasteiger partial charge in [-0.05, 0) is 5.56 Å². The third-order valence-corrected chi connectivity index (χ3v) is 2.88. The number of hydrogen-bond donors (Lipinski definition) is 1. The molecule has 1 saturated heterocycles. The van der Waals surface area contributed by atoms with Gasteiger partial charge in [-0.2, -0.15) is 0 Å². The smallest absolute Gasteiger partial charge is 0.306 e. The van der Waals surface area contributed by atoms with E-state index >= 15 is 0 Å². The van der Waals surface area contributed by atoms with Crippen LogP contribution in [0, 0.1) is 0 Å². The summed E-state index contributed by atoms with van der Waals surface area (Å²) in [5.74, 6) is -0.864. The highest BCUT2D eigenvalue weighted by molar-refractivity contribution is 5.68. The van der Waals surface area contributed by atoms with Crippen LogP contribution in [0.4, 0.5) is 0 Å². The predicted octanol–water partition coefficient (Wildman–Crippen LogP) is 2.70. The maximum Gasteiger partial charge on any atom is 0.306 e. The number of aliphatic carboxylic acids is 1. The van der Waals surface area contributed by atoms with E-state index in [9.17, 15) is 4.79 Å². The summed E-state index contributed by atoms with van der Waals surface area (Å²) in [5.41, 5.74) is 4.71. The lowest BCUT2D eigenvalue weighted by Crippen LogP contribution is -2.13. The van der Waals surface area contributed by atoms with E-state index in [1.54, 1.807) is 0 Å². The Morgan fingerprint density at radius 1 is 1.47 bits per heavy atom. The Morgan fingerprint density at radius 3 is 2.76 bits per heavy atom. The molecule has 88 valence electrons. The Bertz CT molecular complexity index is 458. The molecule has 1 heterocycles. The van der Waals surface area contributed by atoms with Crippen LogP contribution in [-0.2, 0) is 9.53 Å². The summed E-state index contributed by atoms with van der Waals surface area (Å²) in [6, 6.07) is 9.79. The molecule has 0 aromatic heterocycles. The second kappa shape index (κ2) is 5.00. The van der Waals surface area contributed by atoms with E-state index in [-0.39, 0.29) is 12.5 Å². The first-order chi connectivity index (χ1) is 8.20. The van der Waals surface area contributed by atoms with Crippen molar-refractivity contribution in [3.63, 3.8) is 0 Å². The number of benzene rings is 1. The van der Waals surface area contributed by atoms with Crippen LogP contribution < -0.4 is 0 Å². The van der Waals surface area contributed by atoms with Crippen molar-refractivity contribution in [2.45, 2.75) is 25.0 Å². The van der Waals surface area contributed by atoms with Crippen molar-refractivity contribution in [2.75, 3.05) is 0 Å². The molecule has 2 rings (SSSR count). The lowest BCUT2D eigenvalue weighted by atomic mass is 10.0. The monoisotopic (exact) mass is 230 g/mol. The van der Waals surface area contributed by atoms with Crippen molar-refractivity contribution in [2.24, 2.45) is 0 Å². The first-order valence-electron chi connectivity index (χ1n) is 5.51. The van der Waals surface area contributed by atoms with E-state index in [1.165, 1.54) is 0 Å². The quantitative estimate of drug-likeness (QED) is 0.812. The maximum atomic E-state index is 10.7. The van der Waals surface area contributed by atoms with Crippen molar-refractivity contribution in [3.05, 3.63) is 53.8 Å². The molecule has 1 aliphatic rings. The van der Waals surface area contributed by atoms with E-state index in [0.29, 0.717) is 6.42 Å². The van der Waals surface area contributed by atoms with Crippen LogP contribution in [0.5, 0.6) is 0 Å². The average Bonchev–Trinajstić information content (AvgIpc) is 2.72. The molecule has 1 aromatic rings. The molecule has 3 heteroatoms. The first-order valence-corrected chi connectivity index (χ1v) is 5.51. The molecule has 2 unspecified atom stereocenters. The minimum atomic E-state index is -0.864. The molecule has 17 heavy (non-hydrogen) atoms. The SMILES string of the molecule is C=C=C1CC(c2ccccc2)OC1CC(=O)O. The average molecular weight is 230 g/mol. The highest BCUT2D eigenvalue weighted by Crippen LogP contribution is 2.37. The van der Waals surface area contributed by atoms with Gasteiger partial charge in [0.15, 0.2) is 0 Å². The van der Waals surface area contributed by atoms with Crippen molar-refractivity contribution in [1.82, 2.24) is 0 Å². The summed E-state index contributed by atoms with van der Waals surface area (Å²) < 4.78 is 5.74. The van der Waals surface area contributed by atoms with Crippen molar-refractivity contribution in [3.8, 4) is 0 Å². The Morgan fingerprint density at radius 2 is 2.18 bits per heavy atom. The van der Waals surface area contributed by atoms with Gasteiger partial charge in [0.25, 0.3) is 0 Å². The van der Waals surface area contributed by atoms with Crippen LogP contribution in [0.1, 0.15) is 24.5 Å². The van der Waals surface area contributed by atoms with Gasteiger partial charge >= 0.3 is 5.97 Å². The van der Waals surface area contributed by atoms with Gasteiger partial charge < -0.3 is 9.84 Å². The predicted molar refractivity (Wildman–Crippen MR) is 63.6 cm³/mol. The van der Waals surface area contributed by atoms with Gasteiger partial charge in [-0.3, -0.25) is 4.79 Å². The number of rotatable bonds is 3. The number of ether oxygens (including phenoxy) is 1. The van der Waals surface area contributed by atoms with Gasteiger partial charge in [0, 0.05) is 12.0 Å². The standard InChI is InChI=1S/C14H14O3/c1-2-10-8-12(11-6-4-3-5-7-11)17-13(10)9-14(15)16/h3-7,12-13H,1,8-9H2,(H,15,16). The zero-order valence-electron chi connectivity index (χ0n) is 9.43. The summed E-state index contributed by atoms with van der Waals surface area (Å²) in [6.45, 7) is 3.59. The van der Waals surface area contributed by atoms with Crippen molar-refractivity contribution >= 4 is 5.97 Å². The minimum absolute atomic E-state index is 0.0266. The van der Waals surface area contributed by atoms with Gasteiger partial charge in [-0.15, -0.1) is 5.73 Å². The normalized spacial score (nSPS) is 23.4. The molecular formula is C14H14O3. The summed E-state index contributed by atoms with van der Waals surface area (Å²) in [5, 5.41) is 8.80. The van der Waals surface area contributed by atoms with E-state index in [4.69, 9.17) is 9.84 Å². The molecule has 0 aliphatic carbocycles. The van der Waals surface area contributed by atoms with Crippen molar-refractivity contribution in [1.29, 1.82) is 0 Å². The Kier molecular flexibility index (Phi) is 3.43. The van der Waals surface area contributed by atoms with Crippen LogP contribution in [0.3, 0.4) is 0 Å². The molecule has 0 spiro atoms. The Labute approximate surface area is 100 Å². The van der Waals surface area contributed by atoms with Crippen LogP contribution in [0.2, 0.25) is 0 Å². The topological polar surface area (TPSA) is 46.5 Å². The highest BCUT2D eigenvalue weighted by Gasteiger charge is 2.32. The molecule has 0 saturated carbocycles. The summed E-state index contributed by atoms with van der Waals surface area (Å²) >= 11 is 0. The third kappa shape index (κ3) is 2.64. The molecule has 1 aliphatic heterocycles. The fraction of sp³-hybridized carbons (Fsp3) is 0.286. The molecule has 0 amide bonds. The number of carboxylic acids is 1. The molecule has 2 atom stereocenters. The Balaban J connectivity index is 2.15. The van der Waals surface area contributed by atoms with Crippen molar-refractivity contribution < 1.29 is 14.6 Å². The molecule has 1 N–H and O–H groups in total. The fourth-order valence-corrected chi connectivity index (χ4v) is 2.04. The highest BCUT2D eigenvalue weighted by atomic mass is 16.5. The van der Waals surface area contributed by atoms with E-state index < -0.39 is 12.1 Å². The summed E-state index contributed by atoms with van der Waals surface area (Å²) in [4.78, 5) is 10.7. The Hall–Kier alpha value is -1.83. The van der Waals surface area contributed by atoms with Gasteiger partial charge in [0.05, 0.1) is 18.6 Å². The largest absolute Gasteiger partial charge is 0.481 e. The van der Waals surface area contributed by atoms with Gasteiger partial charge in [-0.1, -0.05) is 36.9 Å². The lowest BCUT2D eigenvalue weighted by Gasteiger charge is -2.11. The maximum absolute atomic E-state index is 10.7. The number of carboxylic acid groups (broad SMARTS) is 1. The fourth-order valence-electron chi connectivity index (χ4n) is 2.04. The van der Waals surface area contributed by atoms with Crippen LogP contribution in [0.15, 0.2) is 48.2 Å². The molecule has 0 bridgehead atoms. The summed E-state index contributed by atoms with van der Waals surface area (Å²) in [7, 11) is 0. The van der Waals surface area contributed by atoms with Gasteiger partial charge in [-0.25, -0.2) is 0 Å². The van der Waals surface area contributed by atoms with Crippen LogP contribution >= 0.6 is 0 Å².